The molecule has 0 spiro atoms. The van der Waals surface area contributed by atoms with Crippen LogP contribution in [-0.2, 0) is 33.2 Å². The van der Waals surface area contributed by atoms with Gasteiger partial charge in [-0.1, -0.05) is 27.7 Å². The summed E-state index contributed by atoms with van der Waals surface area (Å²) in [5, 5.41) is 62.8. The number of rotatable bonds is 11. The Hall–Kier alpha value is -1.05. The Morgan fingerprint density at radius 2 is 1.56 bits per heavy atom. The van der Waals surface area contributed by atoms with E-state index in [9.17, 15) is 30.3 Å². The molecule has 336 valence electrons. The zero-order chi connectivity index (χ0) is 43.4. The molecule has 57 heavy (non-hydrogen) atoms. The van der Waals surface area contributed by atoms with E-state index in [4.69, 9.17) is 28.4 Å². The van der Waals surface area contributed by atoms with Gasteiger partial charge in [0.25, 0.3) is 0 Å². The monoisotopic (exact) mass is 820 g/mol. The molecule has 18 atom stereocenters. The van der Waals surface area contributed by atoms with Crippen molar-refractivity contribution in [3.8, 4) is 0 Å². The third kappa shape index (κ3) is 11.5. The van der Waals surface area contributed by atoms with E-state index in [0.29, 0.717) is 13.0 Å². The fraction of sp³-hybridized carbons (Fsp3) is 0.976. The number of hydrogen-bond acceptors (Lipinski definition) is 15. The van der Waals surface area contributed by atoms with Crippen molar-refractivity contribution in [3.63, 3.8) is 0 Å². The number of nitrogens with one attached hydrogen (secondary N) is 1. The highest BCUT2D eigenvalue weighted by molar-refractivity contribution is 5.73. The van der Waals surface area contributed by atoms with Crippen molar-refractivity contribution in [1.29, 1.82) is 0 Å². The number of hydrogen-bond donors (Lipinski definition) is 6. The van der Waals surface area contributed by atoms with Crippen LogP contribution in [0.5, 0.6) is 0 Å². The predicted octanol–water partition coefficient (Wildman–Crippen LogP) is 2.27. The average Bonchev–Trinajstić information content (AvgIpc) is 3.12. The molecule has 0 aromatic rings. The Labute approximate surface area is 343 Å². The molecule has 3 aliphatic heterocycles. The molecule has 0 bridgehead atoms. The van der Waals surface area contributed by atoms with E-state index in [1.54, 1.807) is 41.7 Å². The van der Waals surface area contributed by atoms with Crippen LogP contribution in [0.1, 0.15) is 108 Å². The van der Waals surface area contributed by atoms with Gasteiger partial charge in [-0.2, -0.15) is 0 Å². The van der Waals surface area contributed by atoms with Crippen LogP contribution in [-0.4, -0.2) is 179 Å². The lowest BCUT2D eigenvalue weighted by atomic mass is 9.75. The van der Waals surface area contributed by atoms with Crippen LogP contribution in [0.25, 0.3) is 0 Å². The van der Waals surface area contributed by atoms with Gasteiger partial charge in [0.2, 0.25) is 0 Å². The first kappa shape index (κ1) is 50.3. The molecule has 3 fully saturated rings. The number of aliphatic hydroxyl groups is 5. The lowest BCUT2D eigenvalue weighted by Gasteiger charge is -2.54. The van der Waals surface area contributed by atoms with Crippen LogP contribution in [0.2, 0.25) is 0 Å². The van der Waals surface area contributed by atoms with Crippen molar-refractivity contribution < 1.29 is 58.7 Å². The summed E-state index contributed by atoms with van der Waals surface area (Å²) in [6.45, 7) is 21.1. The molecule has 3 rings (SSSR count). The van der Waals surface area contributed by atoms with E-state index in [2.05, 4.69) is 12.2 Å². The van der Waals surface area contributed by atoms with Crippen molar-refractivity contribution in [1.82, 2.24) is 15.1 Å². The van der Waals surface area contributed by atoms with Gasteiger partial charge in [-0.3, -0.25) is 4.79 Å². The summed E-state index contributed by atoms with van der Waals surface area (Å²) in [5.74, 6) is -2.66. The van der Waals surface area contributed by atoms with E-state index in [1.807, 2.05) is 58.6 Å². The van der Waals surface area contributed by atoms with Crippen LogP contribution >= 0.6 is 0 Å². The van der Waals surface area contributed by atoms with Crippen LogP contribution in [0, 0.1) is 17.8 Å². The van der Waals surface area contributed by atoms with Crippen molar-refractivity contribution in [3.05, 3.63) is 0 Å². The van der Waals surface area contributed by atoms with Crippen molar-refractivity contribution in [2.24, 2.45) is 17.8 Å². The Balaban J connectivity index is 2.17. The number of carbonyl (C=O) groups excluding carboxylic acids is 1. The van der Waals surface area contributed by atoms with Crippen LogP contribution in [0.3, 0.4) is 0 Å². The van der Waals surface area contributed by atoms with Crippen LogP contribution in [0.4, 0.5) is 0 Å². The fourth-order valence-electron chi connectivity index (χ4n) is 9.59. The maximum absolute atomic E-state index is 14.4. The molecule has 3 heterocycles. The van der Waals surface area contributed by atoms with Gasteiger partial charge in [-0.15, -0.1) is 0 Å². The molecule has 0 aliphatic carbocycles. The molecule has 0 amide bonds. The second-order valence-corrected chi connectivity index (χ2v) is 18.8. The van der Waals surface area contributed by atoms with Gasteiger partial charge in [-0.25, -0.2) is 0 Å². The van der Waals surface area contributed by atoms with E-state index < -0.39 is 95.5 Å². The summed E-state index contributed by atoms with van der Waals surface area (Å²) in [6.07, 6.45) is -6.67. The number of aliphatic hydroxyl groups excluding tert-OH is 2. The van der Waals surface area contributed by atoms with Crippen molar-refractivity contribution >= 4 is 5.97 Å². The average molecular weight is 820 g/mol. The van der Waals surface area contributed by atoms with Crippen LogP contribution < -0.4 is 5.32 Å². The van der Waals surface area contributed by atoms with Gasteiger partial charge in [-0.05, 0) is 114 Å². The SMILES string of the molecule is CCCN(C)C[C@@]1(O)[C@H](C)O[C@@H](O[C@H]2[C@H](C)[C@@H](O[C@@H]3O[C@H](C)C[C@H](N(C)C)[C@H]3O)[C@@](C)(O)C[C@@H](C)CN[C@H](C)[C@@H](O)[C@](C)(O)[C@@H](CC)OC(=O)[C@@H]2C)C[C@@]1(C)OC. The minimum absolute atomic E-state index is 0.1000. The molecular weight excluding hydrogens is 738 g/mol. The molecule has 0 aromatic heterocycles. The normalized spacial score (nSPS) is 47.4. The smallest absolute Gasteiger partial charge is 0.311 e. The molecule has 15 heteroatoms. The number of likely N-dealkylation sites (N-methyl/N-ethyl adjacent to an activating group) is 2. The summed E-state index contributed by atoms with van der Waals surface area (Å²) in [6, 6.07) is -0.878. The fourth-order valence-corrected chi connectivity index (χ4v) is 9.59. The predicted molar refractivity (Wildman–Crippen MR) is 216 cm³/mol. The number of cyclic esters (lactones) is 1. The molecule has 6 N–H and O–H groups in total. The second kappa shape index (κ2) is 20.2. The Bertz CT molecular complexity index is 1260. The van der Waals surface area contributed by atoms with Crippen molar-refractivity contribution in [2.45, 2.75) is 198 Å². The van der Waals surface area contributed by atoms with Crippen LogP contribution in [0.15, 0.2) is 0 Å². The quantitative estimate of drug-likeness (QED) is 0.166. The first-order valence-electron chi connectivity index (χ1n) is 21.3. The number of carbonyl (C=O) groups is 1. The Kier molecular flexibility index (Phi) is 17.8. The summed E-state index contributed by atoms with van der Waals surface area (Å²) < 4.78 is 38.5. The van der Waals surface area contributed by atoms with E-state index in [-0.39, 0.29) is 43.9 Å². The molecule has 3 saturated heterocycles. The number of methoxy groups -OCH3 is 1. The summed E-state index contributed by atoms with van der Waals surface area (Å²) in [5.41, 5.74) is -5.95. The van der Waals surface area contributed by atoms with Gasteiger partial charge in [0, 0.05) is 38.1 Å². The lowest BCUT2D eigenvalue weighted by Crippen LogP contribution is -2.70. The summed E-state index contributed by atoms with van der Waals surface area (Å²) in [4.78, 5) is 18.3. The lowest BCUT2D eigenvalue weighted by molar-refractivity contribution is -0.339. The molecule has 3 aliphatic rings. The van der Waals surface area contributed by atoms with Gasteiger partial charge in [0.15, 0.2) is 12.6 Å². The van der Waals surface area contributed by atoms with Gasteiger partial charge < -0.3 is 69.1 Å². The zero-order valence-electron chi connectivity index (χ0n) is 37.7. The first-order valence-corrected chi connectivity index (χ1v) is 21.3. The third-order valence-corrected chi connectivity index (χ3v) is 13.3. The highest BCUT2D eigenvalue weighted by Gasteiger charge is 2.59. The number of nitrogens with zero attached hydrogens (tertiary/aromatic N) is 2. The maximum atomic E-state index is 14.4. The minimum atomic E-state index is -1.81. The zero-order valence-corrected chi connectivity index (χ0v) is 37.7. The molecule has 0 radical (unpaired) electrons. The van der Waals surface area contributed by atoms with E-state index in [1.165, 1.54) is 6.92 Å². The topological polar surface area (TPSA) is 192 Å². The van der Waals surface area contributed by atoms with Crippen molar-refractivity contribution in [2.75, 3.05) is 47.9 Å². The van der Waals surface area contributed by atoms with Gasteiger partial charge in [0.1, 0.15) is 35.1 Å². The highest BCUT2D eigenvalue weighted by atomic mass is 16.7. The standard InChI is InChI=1S/C42H81N3O12/c1-16-18-45(14)23-42(51)29(8)54-32(21-40(42,10)52-15)56-34-26(5)36(57-38-33(46)30(44(12)13)19-25(4)53-38)39(9,49)20-24(3)22-43-28(7)35(47)41(11,50)31(17-2)55-37(48)27(34)6/h24-36,38,43,46-47,49-51H,16-23H2,1-15H3/t24-,25-,26+,27-,28-,29+,30+,31-,32+,33-,34+,35-,36-,38+,39+,40-,41-,42-/m1/s1. The maximum Gasteiger partial charge on any atom is 0.311 e. The van der Waals surface area contributed by atoms with E-state index in [0.717, 1.165) is 13.0 Å². The Morgan fingerprint density at radius 3 is 2.12 bits per heavy atom. The number of ether oxygens (including phenoxy) is 6. The second-order valence-electron chi connectivity index (χ2n) is 18.8. The largest absolute Gasteiger partial charge is 0.459 e. The molecule has 0 aromatic carbocycles. The molecule has 0 unspecified atom stereocenters. The minimum Gasteiger partial charge on any atom is -0.459 e. The summed E-state index contributed by atoms with van der Waals surface area (Å²) >= 11 is 0. The molecular formula is C42H81N3O12. The van der Waals surface area contributed by atoms with Gasteiger partial charge in [0.05, 0.1) is 35.9 Å². The number of esters is 1. The highest BCUT2D eigenvalue weighted by Crippen LogP contribution is 2.43. The first-order chi connectivity index (χ1) is 26.3. The van der Waals surface area contributed by atoms with Gasteiger partial charge >= 0.3 is 5.97 Å². The molecule has 0 saturated carbocycles. The van der Waals surface area contributed by atoms with E-state index >= 15 is 0 Å². The molecule has 15 nitrogen and oxygen atoms in total. The summed E-state index contributed by atoms with van der Waals surface area (Å²) in [7, 11) is 7.26. The Morgan fingerprint density at radius 1 is 0.930 bits per heavy atom. The third-order valence-electron chi connectivity index (χ3n) is 13.3.